The van der Waals surface area contributed by atoms with Gasteiger partial charge in [0.05, 0.1) is 0 Å². The van der Waals surface area contributed by atoms with E-state index in [0.29, 0.717) is 6.54 Å². The molecule has 0 radical (unpaired) electrons. The maximum Gasteiger partial charge on any atom is 0.253 e. The molecule has 0 aromatic carbocycles. The van der Waals surface area contributed by atoms with Crippen LogP contribution in [-0.2, 0) is 9.59 Å². The van der Waals surface area contributed by atoms with Crippen LogP contribution in [0, 0.1) is 5.92 Å². The van der Waals surface area contributed by atoms with Gasteiger partial charge in [-0.25, -0.2) is 0 Å². The van der Waals surface area contributed by atoms with Gasteiger partial charge in [0.1, 0.15) is 0 Å². The van der Waals surface area contributed by atoms with Crippen molar-refractivity contribution in [3.63, 3.8) is 0 Å². The van der Waals surface area contributed by atoms with Crippen LogP contribution in [0.15, 0.2) is 12.2 Å². The average molecular weight is 223 g/mol. The lowest BCUT2D eigenvalue weighted by atomic mass is 9.97. The van der Waals surface area contributed by atoms with Crippen LogP contribution >= 0.6 is 0 Å². The highest BCUT2D eigenvalue weighted by atomic mass is 16.2. The Labute approximate surface area is 97.5 Å². The van der Waals surface area contributed by atoms with E-state index in [9.17, 15) is 9.59 Å². The molecule has 0 spiro atoms. The second-order valence-corrected chi connectivity index (χ2v) is 4.34. The largest absolute Gasteiger partial charge is 0.275 e. The molecule has 1 aliphatic rings. The summed E-state index contributed by atoms with van der Waals surface area (Å²) in [4.78, 5) is 23.8. The summed E-state index contributed by atoms with van der Waals surface area (Å²) in [6.45, 7) is 5.00. The molecule has 1 aliphatic heterocycles. The lowest BCUT2D eigenvalue weighted by molar-refractivity contribution is -0.136. The second-order valence-electron chi connectivity index (χ2n) is 4.34. The second kappa shape index (κ2) is 6.46. The Kier molecular flexibility index (Phi) is 5.23. The maximum absolute atomic E-state index is 11.2. The summed E-state index contributed by atoms with van der Waals surface area (Å²) in [6.07, 6.45) is 8.38. The van der Waals surface area contributed by atoms with Gasteiger partial charge in [0.25, 0.3) is 11.8 Å². The molecule has 1 heterocycles. The highest BCUT2D eigenvalue weighted by molar-refractivity contribution is 6.12. The smallest absolute Gasteiger partial charge is 0.253 e. The SMILES string of the molecule is CCC(CC)CCCCN1C(=O)C=CC1=O. The minimum absolute atomic E-state index is 0.160. The molecule has 1 rings (SSSR count). The van der Waals surface area contributed by atoms with Crippen molar-refractivity contribution < 1.29 is 9.59 Å². The summed E-state index contributed by atoms with van der Waals surface area (Å²) in [5, 5.41) is 0. The fourth-order valence-corrected chi connectivity index (χ4v) is 2.05. The Morgan fingerprint density at radius 2 is 1.62 bits per heavy atom. The molecule has 0 aromatic rings. The van der Waals surface area contributed by atoms with Crippen molar-refractivity contribution in [3.8, 4) is 0 Å². The van der Waals surface area contributed by atoms with Crippen molar-refractivity contribution >= 4 is 11.8 Å². The van der Waals surface area contributed by atoms with Crippen LogP contribution in [0.2, 0.25) is 0 Å². The summed E-state index contributed by atoms with van der Waals surface area (Å²) in [5.41, 5.74) is 0. The zero-order chi connectivity index (χ0) is 12.0. The van der Waals surface area contributed by atoms with E-state index in [-0.39, 0.29) is 11.8 Å². The van der Waals surface area contributed by atoms with E-state index in [0.717, 1.165) is 18.8 Å². The van der Waals surface area contributed by atoms with E-state index >= 15 is 0 Å². The van der Waals surface area contributed by atoms with Crippen molar-refractivity contribution in [3.05, 3.63) is 12.2 Å². The van der Waals surface area contributed by atoms with Crippen LogP contribution in [0.3, 0.4) is 0 Å². The summed E-state index contributed by atoms with van der Waals surface area (Å²) < 4.78 is 0. The van der Waals surface area contributed by atoms with Gasteiger partial charge in [-0.1, -0.05) is 39.5 Å². The van der Waals surface area contributed by atoms with Crippen molar-refractivity contribution in [1.82, 2.24) is 4.90 Å². The molecule has 3 nitrogen and oxygen atoms in total. The van der Waals surface area contributed by atoms with Crippen LogP contribution in [0.25, 0.3) is 0 Å². The first-order valence-electron chi connectivity index (χ1n) is 6.22. The number of nitrogens with zero attached hydrogens (tertiary/aromatic N) is 1. The average Bonchev–Trinajstić information content (AvgIpc) is 2.60. The lowest BCUT2D eigenvalue weighted by Crippen LogP contribution is -2.30. The number of carbonyl (C=O) groups is 2. The van der Waals surface area contributed by atoms with Crippen molar-refractivity contribution in [2.75, 3.05) is 6.54 Å². The van der Waals surface area contributed by atoms with E-state index in [1.165, 1.54) is 36.3 Å². The Hall–Kier alpha value is -1.12. The third-order valence-electron chi connectivity index (χ3n) is 3.30. The van der Waals surface area contributed by atoms with E-state index in [4.69, 9.17) is 0 Å². The highest BCUT2D eigenvalue weighted by Gasteiger charge is 2.22. The Bertz CT molecular complexity index is 262. The molecule has 0 bridgehead atoms. The van der Waals surface area contributed by atoms with Gasteiger partial charge >= 0.3 is 0 Å². The van der Waals surface area contributed by atoms with E-state index < -0.39 is 0 Å². The molecular weight excluding hydrogens is 202 g/mol. The zero-order valence-electron chi connectivity index (χ0n) is 10.2. The standard InChI is InChI=1S/C13H21NO2/c1-3-11(4-2)7-5-6-10-14-12(15)8-9-13(14)16/h8-9,11H,3-7,10H2,1-2H3. The topological polar surface area (TPSA) is 37.4 Å². The molecule has 0 saturated heterocycles. The maximum atomic E-state index is 11.2. The molecule has 2 amide bonds. The molecule has 3 heteroatoms. The molecule has 0 saturated carbocycles. The van der Waals surface area contributed by atoms with Crippen molar-refractivity contribution in [1.29, 1.82) is 0 Å². The molecule has 0 unspecified atom stereocenters. The molecule has 0 aliphatic carbocycles. The van der Waals surface area contributed by atoms with Gasteiger partial charge in [-0.15, -0.1) is 0 Å². The first-order chi connectivity index (χ1) is 7.69. The van der Waals surface area contributed by atoms with Crippen LogP contribution in [0.5, 0.6) is 0 Å². The first kappa shape index (κ1) is 12.9. The van der Waals surface area contributed by atoms with Crippen LogP contribution in [-0.4, -0.2) is 23.3 Å². The van der Waals surface area contributed by atoms with Gasteiger partial charge in [-0.05, 0) is 12.3 Å². The minimum Gasteiger partial charge on any atom is -0.275 e. The van der Waals surface area contributed by atoms with Gasteiger partial charge in [0.15, 0.2) is 0 Å². The van der Waals surface area contributed by atoms with Gasteiger partial charge in [0.2, 0.25) is 0 Å². The number of carbonyl (C=O) groups excluding carboxylic acids is 2. The van der Waals surface area contributed by atoms with Crippen LogP contribution in [0.4, 0.5) is 0 Å². The fraction of sp³-hybridized carbons (Fsp3) is 0.692. The third kappa shape index (κ3) is 3.47. The van der Waals surface area contributed by atoms with Gasteiger partial charge in [0, 0.05) is 18.7 Å². The molecule has 0 N–H and O–H groups in total. The first-order valence-corrected chi connectivity index (χ1v) is 6.22. The van der Waals surface area contributed by atoms with Gasteiger partial charge < -0.3 is 0 Å². The molecule has 16 heavy (non-hydrogen) atoms. The number of hydrogen-bond acceptors (Lipinski definition) is 2. The Morgan fingerprint density at radius 1 is 1.06 bits per heavy atom. The monoisotopic (exact) mass is 223 g/mol. The van der Waals surface area contributed by atoms with E-state index in [1.807, 2.05) is 0 Å². The zero-order valence-corrected chi connectivity index (χ0v) is 10.2. The van der Waals surface area contributed by atoms with Gasteiger partial charge in [-0.3, -0.25) is 14.5 Å². The molecule has 0 aromatic heterocycles. The molecule has 90 valence electrons. The van der Waals surface area contributed by atoms with Crippen molar-refractivity contribution in [2.45, 2.75) is 46.0 Å². The number of amides is 2. The highest BCUT2D eigenvalue weighted by Crippen LogP contribution is 2.16. The molecular formula is C13H21NO2. The number of rotatable bonds is 7. The van der Waals surface area contributed by atoms with E-state index in [1.54, 1.807) is 0 Å². The summed E-state index contributed by atoms with van der Waals surface area (Å²) >= 11 is 0. The Morgan fingerprint density at radius 3 is 2.12 bits per heavy atom. The molecule has 0 atom stereocenters. The lowest BCUT2D eigenvalue weighted by Gasteiger charge is -2.15. The van der Waals surface area contributed by atoms with Gasteiger partial charge in [-0.2, -0.15) is 0 Å². The molecule has 0 fully saturated rings. The third-order valence-corrected chi connectivity index (χ3v) is 3.30. The fourth-order valence-electron chi connectivity index (χ4n) is 2.05. The normalized spacial score (nSPS) is 15.6. The quantitative estimate of drug-likeness (QED) is 0.491. The summed E-state index contributed by atoms with van der Waals surface area (Å²) in [6, 6.07) is 0. The van der Waals surface area contributed by atoms with Crippen LogP contribution in [0.1, 0.15) is 46.0 Å². The number of imide groups is 1. The number of unbranched alkanes of at least 4 members (excludes halogenated alkanes) is 1. The van der Waals surface area contributed by atoms with Crippen LogP contribution < -0.4 is 0 Å². The summed E-state index contributed by atoms with van der Waals surface area (Å²) in [7, 11) is 0. The number of hydrogen-bond donors (Lipinski definition) is 0. The summed E-state index contributed by atoms with van der Waals surface area (Å²) in [5.74, 6) is 0.475. The predicted molar refractivity (Wildman–Crippen MR) is 63.8 cm³/mol. The van der Waals surface area contributed by atoms with Crippen molar-refractivity contribution in [2.24, 2.45) is 5.92 Å². The minimum atomic E-state index is -0.160. The predicted octanol–water partition coefficient (Wildman–Crippen LogP) is 2.52. The van der Waals surface area contributed by atoms with E-state index in [2.05, 4.69) is 13.8 Å². The Balaban J connectivity index is 2.16.